The molecule has 6 aromatic heterocycles. The first-order chi connectivity index (χ1) is 24.9. The van der Waals surface area contributed by atoms with Crippen LogP contribution in [0.3, 0.4) is 0 Å². The fourth-order valence-electron chi connectivity index (χ4n) is 5.64. The molecular weight excluding hydrogens is 750 g/mol. The fourth-order valence-corrected chi connectivity index (χ4v) is 9.85. The average molecular weight is 776 g/mol. The molecule has 8 rings (SSSR count). The van der Waals surface area contributed by atoms with Gasteiger partial charge >= 0.3 is 11.9 Å². The lowest BCUT2D eigenvalue weighted by atomic mass is 9.93. The van der Waals surface area contributed by atoms with Crippen molar-refractivity contribution in [1.82, 2.24) is 18.7 Å². The van der Waals surface area contributed by atoms with Crippen molar-refractivity contribution in [2.75, 3.05) is 13.2 Å². The van der Waals surface area contributed by atoms with Crippen LogP contribution in [0.2, 0.25) is 5.15 Å². The van der Waals surface area contributed by atoms with E-state index in [1.807, 2.05) is 18.5 Å². The van der Waals surface area contributed by atoms with E-state index in [1.54, 1.807) is 44.3 Å². The Kier molecular flexibility index (Phi) is 10.4. The second-order valence-corrected chi connectivity index (χ2v) is 14.9. The van der Waals surface area contributed by atoms with E-state index >= 15 is 0 Å². The summed E-state index contributed by atoms with van der Waals surface area (Å²) in [7, 11) is 0. The molecule has 258 valence electrons. The quantitative estimate of drug-likeness (QED) is 0.108. The molecule has 16 heteroatoms. The summed E-state index contributed by atoms with van der Waals surface area (Å²) in [5, 5.41) is 10.6. The van der Waals surface area contributed by atoms with E-state index < -0.39 is 0 Å². The molecule has 6 heterocycles. The third kappa shape index (κ3) is 7.10. The van der Waals surface area contributed by atoms with Gasteiger partial charge in [0.25, 0.3) is 0 Å². The first-order valence-corrected chi connectivity index (χ1v) is 19.3. The van der Waals surface area contributed by atoms with Crippen LogP contribution in [-0.2, 0) is 35.2 Å². The number of aromatic nitrogens is 4. The second kappa shape index (κ2) is 15.3. The zero-order valence-corrected chi connectivity index (χ0v) is 31.1. The minimum Gasteiger partial charge on any atom is -0.462 e. The number of aryl methyl sites for hydroxylation is 2. The number of rotatable bonds is 8. The number of nitrogens with zero attached hydrogens (tertiary/aromatic N) is 5. The summed E-state index contributed by atoms with van der Waals surface area (Å²) in [6, 6.07) is 8.69. The third-order valence-electron chi connectivity index (χ3n) is 7.87. The van der Waals surface area contributed by atoms with Crippen LogP contribution in [0.15, 0.2) is 49.1 Å². The minimum atomic E-state index is -0.325. The zero-order valence-electron chi connectivity index (χ0n) is 27.1. The lowest BCUT2D eigenvalue weighted by molar-refractivity contribution is 0.0521. The Labute approximate surface area is 313 Å². The predicted octanol–water partition coefficient (Wildman–Crippen LogP) is 9.19. The molecule has 0 fully saturated rings. The van der Waals surface area contributed by atoms with Crippen molar-refractivity contribution in [3.63, 3.8) is 0 Å². The number of esters is 2. The molecule has 0 N–H and O–H groups in total. The molecule has 0 amide bonds. The highest BCUT2D eigenvalue weighted by atomic mass is 35.5. The van der Waals surface area contributed by atoms with Gasteiger partial charge in [0.1, 0.15) is 38.2 Å². The van der Waals surface area contributed by atoms with Crippen molar-refractivity contribution in [3.05, 3.63) is 91.9 Å². The molecule has 0 aliphatic heterocycles. The highest BCUT2D eigenvalue weighted by Crippen LogP contribution is 2.51. The maximum atomic E-state index is 12.4. The van der Waals surface area contributed by atoms with E-state index in [0.717, 1.165) is 57.7 Å². The smallest absolute Gasteiger partial charge is 0.348 e. The maximum Gasteiger partial charge on any atom is 0.348 e. The highest BCUT2D eigenvalue weighted by molar-refractivity contribution is 7.18. The van der Waals surface area contributed by atoms with Gasteiger partial charge < -0.3 is 18.9 Å². The number of carbonyl (C=O) groups excluding carboxylic acids is 2. The molecule has 0 unspecified atom stereocenters. The van der Waals surface area contributed by atoms with Gasteiger partial charge in [0.15, 0.2) is 10.1 Å². The Morgan fingerprint density at radius 1 is 0.745 bits per heavy atom. The van der Waals surface area contributed by atoms with Gasteiger partial charge in [0, 0.05) is 12.4 Å². The van der Waals surface area contributed by atoms with Gasteiger partial charge in [-0.25, -0.2) is 28.3 Å². The minimum absolute atomic E-state index is 0.305. The number of pyridine rings is 2. The summed E-state index contributed by atoms with van der Waals surface area (Å²) in [5.74, 6) is 0.455. The molecule has 6 aromatic rings. The Hall–Kier alpha value is -4.72. The van der Waals surface area contributed by atoms with Gasteiger partial charge in [-0.05, 0) is 109 Å². The van der Waals surface area contributed by atoms with E-state index in [4.69, 9.17) is 35.8 Å². The Balaban J connectivity index is 0.000000159. The monoisotopic (exact) mass is 775 g/mol. The molecule has 2 aliphatic rings. The van der Waals surface area contributed by atoms with Crippen LogP contribution >= 0.6 is 57.3 Å². The number of fused-ring (bicyclic) bond motifs is 6. The largest absolute Gasteiger partial charge is 0.462 e. The number of carbonyl (C=O) groups is 2. The molecule has 0 spiro atoms. The van der Waals surface area contributed by atoms with Gasteiger partial charge in [0.2, 0.25) is 0 Å². The van der Waals surface area contributed by atoms with E-state index in [9.17, 15) is 9.59 Å². The van der Waals surface area contributed by atoms with E-state index in [-0.39, 0.29) is 11.9 Å². The number of hydrogen-bond acceptors (Lipinski definition) is 15. The lowest BCUT2D eigenvalue weighted by Gasteiger charge is -2.14. The number of thiophene rings is 2. The number of ether oxygens (including phenoxy) is 4. The summed E-state index contributed by atoms with van der Waals surface area (Å²) >= 11 is 11.3. The second-order valence-electron chi connectivity index (χ2n) is 11.0. The molecule has 11 nitrogen and oxygen atoms in total. The molecule has 0 atom stereocenters. The van der Waals surface area contributed by atoms with Gasteiger partial charge in [-0.2, -0.15) is 5.26 Å². The van der Waals surface area contributed by atoms with E-state index in [2.05, 4.69) is 18.7 Å². The molecule has 51 heavy (non-hydrogen) atoms. The first kappa shape index (κ1) is 34.7. The first-order valence-electron chi connectivity index (χ1n) is 15.7. The highest BCUT2D eigenvalue weighted by Gasteiger charge is 2.33. The SMILES string of the molecule is CCOC(=O)c1sc(Oc2ccc(C#N)nc2)c2c1CCc1cnsc1-2.CCOC(=O)c1sc(Oc2ccc(Cl)nc2)c2c1CCc1cnsc1-2. The summed E-state index contributed by atoms with van der Waals surface area (Å²) in [6.07, 6.45) is 10.1. The molecule has 2 aliphatic carbocycles. The van der Waals surface area contributed by atoms with Crippen molar-refractivity contribution in [3.8, 4) is 48.6 Å². The normalized spacial score (nSPS) is 12.2. The van der Waals surface area contributed by atoms with Crippen LogP contribution in [0.4, 0.5) is 0 Å². The molecule has 0 bridgehead atoms. The third-order valence-corrected chi connectivity index (χ3v) is 12.0. The standard InChI is InChI=1S/C18H13N3O3S2.C17H13ClN2O3S2/c1-2-23-17(22)16-13-6-3-10-8-21-26-15(10)14(13)18(25-16)24-12-5-4-11(7-19)20-9-12;1-2-22-16(21)15-11-5-3-9-7-20-25-14(9)13(11)17(24-15)23-10-4-6-12(18)19-8-10/h4-5,8-9H,2-3,6H2,1H3;4,6-8H,2-3,5H2,1H3. The van der Waals surface area contributed by atoms with Crippen LogP contribution in [0.5, 0.6) is 21.6 Å². The maximum absolute atomic E-state index is 12.4. The fraction of sp³-hybridized carbons (Fsp3) is 0.229. The van der Waals surface area contributed by atoms with Crippen LogP contribution < -0.4 is 9.47 Å². The molecule has 0 saturated carbocycles. The zero-order chi connectivity index (χ0) is 35.5. The number of hydrogen-bond donors (Lipinski definition) is 0. The lowest BCUT2D eigenvalue weighted by Crippen LogP contribution is -2.08. The van der Waals surface area contributed by atoms with Gasteiger partial charge in [-0.3, -0.25) is 0 Å². The molecule has 0 radical (unpaired) electrons. The van der Waals surface area contributed by atoms with Crippen molar-refractivity contribution in [2.24, 2.45) is 0 Å². The Morgan fingerprint density at radius 2 is 1.25 bits per heavy atom. The van der Waals surface area contributed by atoms with Crippen LogP contribution in [-0.4, -0.2) is 43.9 Å². The number of nitriles is 1. The molecule has 0 saturated heterocycles. The molecule has 0 aromatic carbocycles. The molecular formula is C35H26ClN5O6S4. The van der Waals surface area contributed by atoms with E-state index in [1.165, 1.54) is 63.1 Å². The van der Waals surface area contributed by atoms with Gasteiger partial charge in [-0.15, -0.1) is 0 Å². The summed E-state index contributed by atoms with van der Waals surface area (Å²) in [5.41, 5.74) is 6.49. The Morgan fingerprint density at radius 3 is 1.69 bits per heavy atom. The van der Waals surface area contributed by atoms with Crippen molar-refractivity contribution < 1.29 is 28.5 Å². The van der Waals surface area contributed by atoms with Gasteiger partial charge in [0.05, 0.1) is 46.5 Å². The summed E-state index contributed by atoms with van der Waals surface area (Å²) < 4.78 is 31.1. The van der Waals surface area contributed by atoms with Gasteiger partial charge in [-0.1, -0.05) is 34.3 Å². The number of halogens is 1. The van der Waals surface area contributed by atoms with Crippen molar-refractivity contribution in [2.45, 2.75) is 39.5 Å². The van der Waals surface area contributed by atoms with Crippen LogP contribution in [0.25, 0.3) is 20.9 Å². The predicted molar refractivity (Wildman–Crippen MR) is 196 cm³/mol. The van der Waals surface area contributed by atoms with Crippen LogP contribution in [0, 0.1) is 11.3 Å². The van der Waals surface area contributed by atoms with Crippen LogP contribution in [0.1, 0.15) is 61.1 Å². The topological polar surface area (TPSA) is 146 Å². The van der Waals surface area contributed by atoms with Crippen molar-refractivity contribution in [1.29, 1.82) is 5.26 Å². The Bertz CT molecular complexity index is 2270. The van der Waals surface area contributed by atoms with E-state index in [0.29, 0.717) is 55.4 Å². The van der Waals surface area contributed by atoms with Crippen molar-refractivity contribution >= 4 is 69.3 Å². The summed E-state index contributed by atoms with van der Waals surface area (Å²) in [6.45, 7) is 4.26. The average Bonchev–Trinajstić information content (AvgIpc) is 3.95. The summed E-state index contributed by atoms with van der Waals surface area (Å²) in [4.78, 5) is 36.1.